The SMILES string of the molecule is CCCC[C@H](NC(=O)C1CCCN(C(=O)c2ccncc2)C1)C(=O)O. The number of aliphatic carboxylic acids is 1. The number of carboxylic acids is 1. The molecule has 136 valence electrons. The lowest BCUT2D eigenvalue weighted by molar-refractivity contribution is -0.143. The topological polar surface area (TPSA) is 99.6 Å². The highest BCUT2D eigenvalue weighted by Crippen LogP contribution is 2.19. The number of aromatic nitrogens is 1. The zero-order valence-electron chi connectivity index (χ0n) is 14.5. The van der Waals surface area contributed by atoms with Crippen LogP contribution in [0.15, 0.2) is 24.5 Å². The largest absolute Gasteiger partial charge is 0.480 e. The van der Waals surface area contributed by atoms with E-state index >= 15 is 0 Å². The fourth-order valence-corrected chi connectivity index (χ4v) is 3.01. The van der Waals surface area contributed by atoms with E-state index in [1.807, 2.05) is 6.92 Å². The van der Waals surface area contributed by atoms with Crippen LogP contribution in [0.3, 0.4) is 0 Å². The highest BCUT2D eigenvalue weighted by atomic mass is 16.4. The van der Waals surface area contributed by atoms with E-state index in [2.05, 4.69) is 10.3 Å². The Hall–Kier alpha value is -2.44. The highest BCUT2D eigenvalue weighted by molar-refractivity contribution is 5.94. The van der Waals surface area contributed by atoms with Crippen molar-refractivity contribution in [2.24, 2.45) is 5.92 Å². The molecule has 1 aromatic heterocycles. The van der Waals surface area contributed by atoms with Gasteiger partial charge in [-0.3, -0.25) is 14.6 Å². The maximum absolute atomic E-state index is 12.5. The first-order valence-corrected chi connectivity index (χ1v) is 8.75. The minimum Gasteiger partial charge on any atom is -0.480 e. The second kappa shape index (κ2) is 9.15. The molecule has 0 bridgehead atoms. The molecule has 0 spiro atoms. The predicted molar refractivity (Wildman–Crippen MR) is 92.0 cm³/mol. The van der Waals surface area contributed by atoms with Crippen LogP contribution in [0, 0.1) is 5.92 Å². The zero-order valence-corrected chi connectivity index (χ0v) is 14.5. The molecule has 2 rings (SSSR count). The van der Waals surface area contributed by atoms with Crippen molar-refractivity contribution >= 4 is 17.8 Å². The Morgan fingerprint density at radius 1 is 1.36 bits per heavy atom. The van der Waals surface area contributed by atoms with Gasteiger partial charge in [-0.15, -0.1) is 0 Å². The Kier molecular flexibility index (Phi) is 6.91. The summed E-state index contributed by atoms with van der Waals surface area (Å²) in [6.07, 6.45) is 6.54. The normalized spacial score (nSPS) is 18.4. The Balaban J connectivity index is 1.96. The van der Waals surface area contributed by atoms with Gasteiger partial charge in [-0.25, -0.2) is 4.79 Å². The van der Waals surface area contributed by atoms with E-state index < -0.39 is 12.0 Å². The minimum atomic E-state index is -1.01. The summed E-state index contributed by atoms with van der Waals surface area (Å²) in [5.74, 6) is -1.79. The molecule has 2 atom stereocenters. The Morgan fingerprint density at radius 3 is 2.72 bits per heavy atom. The Labute approximate surface area is 147 Å². The molecule has 1 aromatic rings. The molecule has 2 heterocycles. The predicted octanol–water partition coefficient (Wildman–Crippen LogP) is 1.69. The summed E-state index contributed by atoms with van der Waals surface area (Å²) in [5.41, 5.74) is 0.544. The summed E-state index contributed by atoms with van der Waals surface area (Å²) >= 11 is 0. The van der Waals surface area contributed by atoms with Gasteiger partial charge in [-0.05, 0) is 31.4 Å². The molecule has 0 aliphatic carbocycles. The molecular formula is C18H25N3O4. The van der Waals surface area contributed by atoms with Crippen LogP contribution in [0.2, 0.25) is 0 Å². The van der Waals surface area contributed by atoms with Gasteiger partial charge in [0.2, 0.25) is 5.91 Å². The monoisotopic (exact) mass is 347 g/mol. The molecule has 0 radical (unpaired) electrons. The second-order valence-corrected chi connectivity index (χ2v) is 6.37. The lowest BCUT2D eigenvalue weighted by Gasteiger charge is -2.32. The van der Waals surface area contributed by atoms with Crippen molar-refractivity contribution in [1.82, 2.24) is 15.2 Å². The van der Waals surface area contributed by atoms with E-state index in [9.17, 15) is 19.5 Å². The molecule has 1 unspecified atom stereocenters. The van der Waals surface area contributed by atoms with Gasteiger partial charge in [0, 0.05) is 31.0 Å². The van der Waals surface area contributed by atoms with Crippen LogP contribution in [0.1, 0.15) is 49.4 Å². The first kappa shape index (κ1) is 18.9. The minimum absolute atomic E-state index is 0.124. The quantitative estimate of drug-likeness (QED) is 0.782. The molecule has 0 aromatic carbocycles. The van der Waals surface area contributed by atoms with Crippen LogP contribution in [0.5, 0.6) is 0 Å². The van der Waals surface area contributed by atoms with Gasteiger partial charge in [0.1, 0.15) is 6.04 Å². The average molecular weight is 347 g/mol. The number of nitrogens with zero attached hydrogens (tertiary/aromatic N) is 2. The number of hydrogen-bond donors (Lipinski definition) is 2. The molecule has 0 saturated carbocycles. The van der Waals surface area contributed by atoms with Gasteiger partial charge < -0.3 is 15.3 Å². The number of piperidine rings is 1. The summed E-state index contributed by atoms with van der Waals surface area (Å²) in [4.78, 5) is 41.8. The summed E-state index contributed by atoms with van der Waals surface area (Å²) in [6.45, 7) is 2.89. The molecule has 2 N–H and O–H groups in total. The van der Waals surface area contributed by atoms with Crippen molar-refractivity contribution in [2.45, 2.75) is 45.1 Å². The first-order chi connectivity index (χ1) is 12.0. The number of likely N-dealkylation sites (tertiary alicyclic amines) is 1. The molecular weight excluding hydrogens is 322 g/mol. The van der Waals surface area contributed by atoms with E-state index in [0.29, 0.717) is 31.5 Å². The number of pyridine rings is 1. The fourth-order valence-electron chi connectivity index (χ4n) is 3.01. The van der Waals surface area contributed by atoms with Gasteiger partial charge in [0.25, 0.3) is 5.91 Å². The summed E-state index contributed by atoms with van der Waals surface area (Å²) < 4.78 is 0. The van der Waals surface area contributed by atoms with E-state index in [4.69, 9.17) is 0 Å². The third-order valence-corrected chi connectivity index (χ3v) is 4.47. The lowest BCUT2D eigenvalue weighted by atomic mass is 9.96. The van der Waals surface area contributed by atoms with Crippen molar-refractivity contribution in [3.63, 3.8) is 0 Å². The molecule has 7 nitrogen and oxygen atoms in total. The van der Waals surface area contributed by atoms with Crippen LogP contribution in [-0.2, 0) is 9.59 Å². The number of carbonyl (C=O) groups is 3. The molecule has 1 aliphatic heterocycles. The summed E-state index contributed by atoms with van der Waals surface area (Å²) in [7, 11) is 0. The number of hydrogen-bond acceptors (Lipinski definition) is 4. The molecule has 7 heteroatoms. The number of rotatable bonds is 7. The number of unbranched alkanes of at least 4 members (excludes halogenated alkanes) is 1. The van der Waals surface area contributed by atoms with Gasteiger partial charge in [-0.1, -0.05) is 19.8 Å². The second-order valence-electron chi connectivity index (χ2n) is 6.37. The fraction of sp³-hybridized carbons (Fsp3) is 0.556. The van der Waals surface area contributed by atoms with Gasteiger partial charge in [0.05, 0.1) is 5.92 Å². The number of nitrogens with one attached hydrogen (secondary N) is 1. The lowest BCUT2D eigenvalue weighted by Crippen LogP contribution is -2.49. The van der Waals surface area contributed by atoms with E-state index in [-0.39, 0.29) is 17.7 Å². The van der Waals surface area contributed by atoms with Crippen molar-refractivity contribution in [2.75, 3.05) is 13.1 Å². The van der Waals surface area contributed by atoms with Gasteiger partial charge in [0.15, 0.2) is 0 Å². The van der Waals surface area contributed by atoms with Crippen molar-refractivity contribution in [1.29, 1.82) is 0 Å². The summed E-state index contributed by atoms with van der Waals surface area (Å²) in [6, 6.07) is 2.44. The molecule has 1 saturated heterocycles. The third-order valence-electron chi connectivity index (χ3n) is 4.47. The van der Waals surface area contributed by atoms with Crippen LogP contribution < -0.4 is 5.32 Å². The van der Waals surface area contributed by atoms with Gasteiger partial charge in [-0.2, -0.15) is 0 Å². The Bertz CT molecular complexity index is 606. The first-order valence-electron chi connectivity index (χ1n) is 8.75. The number of carbonyl (C=O) groups excluding carboxylic acids is 2. The van der Waals surface area contributed by atoms with E-state index in [1.54, 1.807) is 29.4 Å². The average Bonchev–Trinajstić information content (AvgIpc) is 2.64. The zero-order chi connectivity index (χ0) is 18.2. The number of carboxylic acid groups (broad SMARTS) is 1. The van der Waals surface area contributed by atoms with Crippen molar-refractivity contribution in [3.05, 3.63) is 30.1 Å². The van der Waals surface area contributed by atoms with Crippen LogP contribution in [0.25, 0.3) is 0 Å². The third kappa shape index (κ3) is 5.27. The van der Waals surface area contributed by atoms with Crippen LogP contribution >= 0.6 is 0 Å². The molecule has 2 amide bonds. The molecule has 1 fully saturated rings. The maximum atomic E-state index is 12.5. The Morgan fingerprint density at radius 2 is 2.08 bits per heavy atom. The molecule has 25 heavy (non-hydrogen) atoms. The standard InChI is InChI=1S/C18H25N3O4/c1-2-3-6-15(18(24)25)20-16(22)14-5-4-11-21(12-14)17(23)13-7-9-19-10-8-13/h7-10,14-15H,2-6,11-12H2,1H3,(H,20,22)(H,24,25)/t14?,15-/m0/s1. The number of amides is 2. The van der Waals surface area contributed by atoms with Crippen molar-refractivity contribution in [3.8, 4) is 0 Å². The van der Waals surface area contributed by atoms with Gasteiger partial charge >= 0.3 is 5.97 Å². The van der Waals surface area contributed by atoms with E-state index in [0.717, 1.165) is 19.3 Å². The summed E-state index contributed by atoms with van der Waals surface area (Å²) in [5, 5.41) is 11.9. The van der Waals surface area contributed by atoms with Crippen LogP contribution in [-0.4, -0.2) is 51.9 Å². The molecule has 1 aliphatic rings. The maximum Gasteiger partial charge on any atom is 0.326 e. The van der Waals surface area contributed by atoms with E-state index in [1.165, 1.54) is 0 Å². The van der Waals surface area contributed by atoms with Crippen LogP contribution in [0.4, 0.5) is 0 Å². The van der Waals surface area contributed by atoms with Crippen molar-refractivity contribution < 1.29 is 19.5 Å². The smallest absolute Gasteiger partial charge is 0.326 e. The highest BCUT2D eigenvalue weighted by Gasteiger charge is 2.31.